The molecule has 0 saturated carbocycles. The smallest absolute Gasteiger partial charge is 0.245 e. The van der Waals surface area contributed by atoms with Crippen LogP contribution >= 0.6 is 0 Å². The van der Waals surface area contributed by atoms with Crippen molar-refractivity contribution >= 4 is 127 Å². The molecule has 6 aliphatic heterocycles. The lowest BCUT2D eigenvalue weighted by molar-refractivity contribution is 1.28. The topological polar surface area (TPSA) is 6.48 Å². The number of para-hydroxylation sites is 4. The average molecular weight is 600 g/mol. The maximum absolute atomic E-state index is 2.67. The van der Waals surface area contributed by atoms with Gasteiger partial charge in [0.2, 0.25) is 26.9 Å². The molecule has 13 rings (SSSR count). The van der Waals surface area contributed by atoms with Gasteiger partial charge in [0.05, 0.1) is 0 Å². The number of nitrogens with zero attached hydrogens (tertiary/aromatic N) is 2. The lowest BCUT2D eigenvalue weighted by atomic mass is 9.14. The van der Waals surface area contributed by atoms with Gasteiger partial charge in [0.15, 0.2) is 0 Å². The molecule has 0 radical (unpaired) electrons. The third kappa shape index (κ3) is 2.56. The predicted molar refractivity (Wildman–Crippen MR) is 207 cm³/mol. The molecule has 0 aromatic heterocycles. The standard InChI is InChI=1S/C42H24B4N2/c1-2-14-26-25(13-1)43-29-17-5-9-21-33(29)47-35-23-11-7-19-31(35)45-27-15-3-4-16-28(27)46-32-20-8-12-24-36(32)48-34-22-10-6-18-30(34)44(26)38-37(43)41(47)39(45)40(46)42(38)48/h1-24H. The van der Waals surface area contributed by atoms with Crippen molar-refractivity contribution in [2.75, 3.05) is 9.80 Å². The van der Waals surface area contributed by atoms with Crippen molar-refractivity contribution < 1.29 is 0 Å². The van der Waals surface area contributed by atoms with Gasteiger partial charge in [-0.25, -0.2) is 0 Å². The summed E-state index contributed by atoms with van der Waals surface area (Å²) in [4.78, 5) is 5.33. The zero-order valence-electron chi connectivity index (χ0n) is 26.1. The molecule has 0 saturated heterocycles. The highest BCUT2D eigenvalue weighted by molar-refractivity contribution is 7.18. The van der Waals surface area contributed by atoms with E-state index in [1.807, 2.05) is 0 Å². The number of benzene rings is 7. The fraction of sp³-hybridized carbons (Fsp3) is 0. The van der Waals surface area contributed by atoms with Crippen LogP contribution in [0.3, 0.4) is 0 Å². The predicted octanol–water partition coefficient (Wildman–Crippen LogP) is 0.571. The Labute approximate surface area is 281 Å². The van der Waals surface area contributed by atoms with E-state index in [0.29, 0.717) is 0 Å². The monoisotopic (exact) mass is 600 g/mol. The molecule has 7 aromatic carbocycles. The molecular formula is C42H24B4N2. The van der Waals surface area contributed by atoms with Crippen LogP contribution in [0.1, 0.15) is 0 Å². The van der Waals surface area contributed by atoms with Gasteiger partial charge in [0.1, 0.15) is 0 Å². The number of hydrogen-bond donors (Lipinski definition) is 0. The number of rotatable bonds is 0. The van der Waals surface area contributed by atoms with Crippen molar-refractivity contribution in [1.29, 1.82) is 0 Å². The van der Waals surface area contributed by atoms with Gasteiger partial charge >= 0.3 is 0 Å². The second kappa shape index (κ2) is 8.27. The minimum atomic E-state index is 0.169. The molecule has 0 atom stereocenters. The van der Waals surface area contributed by atoms with E-state index in [0.717, 1.165) is 0 Å². The van der Waals surface area contributed by atoms with E-state index in [9.17, 15) is 0 Å². The molecule has 6 aliphatic rings. The highest BCUT2D eigenvalue weighted by Gasteiger charge is 2.57. The van der Waals surface area contributed by atoms with Crippen molar-refractivity contribution in [1.82, 2.24) is 0 Å². The summed E-state index contributed by atoms with van der Waals surface area (Å²) in [6, 6.07) is 55.7. The molecule has 2 nitrogen and oxygen atoms in total. The van der Waals surface area contributed by atoms with Gasteiger partial charge in [-0.2, -0.15) is 0 Å². The first-order chi connectivity index (χ1) is 23.9. The Balaban J connectivity index is 1.31. The van der Waals surface area contributed by atoms with E-state index in [4.69, 9.17) is 0 Å². The van der Waals surface area contributed by atoms with E-state index < -0.39 is 0 Å². The van der Waals surface area contributed by atoms with Gasteiger partial charge < -0.3 is 9.80 Å². The van der Waals surface area contributed by atoms with Crippen LogP contribution in [-0.4, -0.2) is 26.9 Å². The van der Waals surface area contributed by atoms with E-state index in [2.05, 4.69) is 155 Å². The Kier molecular flexibility index (Phi) is 4.23. The van der Waals surface area contributed by atoms with Gasteiger partial charge in [0, 0.05) is 34.1 Å². The van der Waals surface area contributed by atoms with Crippen LogP contribution in [0.2, 0.25) is 0 Å². The molecule has 6 heteroatoms. The molecule has 0 amide bonds. The van der Waals surface area contributed by atoms with Crippen LogP contribution in [-0.2, 0) is 0 Å². The molecule has 48 heavy (non-hydrogen) atoms. The maximum atomic E-state index is 2.67. The number of anilines is 6. The minimum absolute atomic E-state index is 0.169. The fourth-order valence-corrected chi connectivity index (χ4v) is 10.9. The fourth-order valence-electron chi connectivity index (χ4n) is 10.9. The largest absolute Gasteiger partial charge is 0.313 e. The Bertz CT molecular complexity index is 2020. The Hall–Kier alpha value is -5.60. The summed E-state index contributed by atoms with van der Waals surface area (Å²) in [6.45, 7) is 0.675. The van der Waals surface area contributed by atoms with Crippen LogP contribution in [0.5, 0.6) is 0 Å². The molecule has 7 aromatic rings. The maximum Gasteiger partial charge on any atom is 0.245 e. The highest BCUT2D eigenvalue weighted by Crippen LogP contribution is 2.43. The van der Waals surface area contributed by atoms with Crippen LogP contribution < -0.4 is 75.4 Å². The van der Waals surface area contributed by atoms with E-state index in [-0.39, 0.29) is 26.9 Å². The summed E-state index contributed by atoms with van der Waals surface area (Å²) in [5, 5.41) is 0. The Morgan fingerprint density at radius 1 is 0.250 bits per heavy atom. The second-order valence-corrected chi connectivity index (χ2v) is 14.2. The van der Waals surface area contributed by atoms with Crippen molar-refractivity contribution in [2.24, 2.45) is 0 Å². The zero-order chi connectivity index (χ0) is 30.8. The van der Waals surface area contributed by atoms with Crippen LogP contribution in [0.4, 0.5) is 34.1 Å². The third-order valence-corrected chi connectivity index (χ3v) is 12.4. The molecule has 0 aliphatic carbocycles. The van der Waals surface area contributed by atoms with Crippen molar-refractivity contribution in [3.8, 4) is 0 Å². The Morgan fingerprint density at radius 2 is 0.458 bits per heavy atom. The molecule has 6 heterocycles. The Morgan fingerprint density at radius 3 is 0.708 bits per heavy atom. The van der Waals surface area contributed by atoms with Gasteiger partial charge in [-0.1, -0.05) is 143 Å². The van der Waals surface area contributed by atoms with Gasteiger partial charge in [-0.15, -0.1) is 0 Å². The van der Waals surface area contributed by atoms with Crippen LogP contribution in [0.15, 0.2) is 146 Å². The summed E-state index contributed by atoms with van der Waals surface area (Å²) in [7, 11) is 0. The minimum Gasteiger partial charge on any atom is -0.313 e. The molecule has 0 unspecified atom stereocenters. The quantitative estimate of drug-likeness (QED) is 0.235. The highest BCUT2D eigenvalue weighted by atomic mass is 15.2. The SMILES string of the molecule is c1ccc2c(c1)B1c3ccccc3N3c4ccccc4B4c5ccccc5B5c6ccccc6N6c7ccccc7B2c2c1c3c4c5c26. The molecule has 0 fully saturated rings. The lowest BCUT2D eigenvalue weighted by Crippen LogP contribution is -2.85. The summed E-state index contributed by atoms with van der Waals surface area (Å²) >= 11 is 0. The van der Waals surface area contributed by atoms with Crippen molar-refractivity contribution in [3.63, 3.8) is 0 Å². The number of hydrogen-bond acceptors (Lipinski definition) is 2. The third-order valence-electron chi connectivity index (χ3n) is 12.4. The van der Waals surface area contributed by atoms with Crippen LogP contribution in [0, 0.1) is 0 Å². The molecule has 0 N–H and O–H groups in total. The first-order valence-electron chi connectivity index (χ1n) is 17.3. The van der Waals surface area contributed by atoms with Crippen molar-refractivity contribution in [3.05, 3.63) is 146 Å². The van der Waals surface area contributed by atoms with E-state index in [1.165, 1.54) is 99.7 Å². The molecular weight excluding hydrogens is 576 g/mol. The van der Waals surface area contributed by atoms with E-state index in [1.54, 1.807) is 0 Å². The summed E-state index contributed by atoms with van der Waals surface area (Å²) in [5.74, 6) is 0. The average Bonchev–Trinajstić information content (AvgIpc) is 3.16. The number of fused-ring (bicyclic) bond motifs is 18. The summed E-state index contributed by atoms with van der Waals surface area (Å²) < 4.78 is 0. The summed E-state index contributed by atoms with van der Waals surface area (Å²) in [5.41, 5.74) is 25.6. The zero-order valence-corrected chi connectivity index (χ0v) is 26.1. The normalized spacial score (nSPS) is 15.2. The first-order valence-corrected chi connectivity index (χ1v) is 17.3. The van der Waals surface area contributed by atoms with Gasteiger partial charge in [-0.05, 0) is 68.0 Å². The van der Waals surface area contributed by atoms with Gasteiger partial charge in [0.25, 0.3) is 0 Å². The van der Waals surface area contributed by atoms with Crippen molar-refractivity contribution in [2.45, 2.75) is 0 Å². The van der Waals surface area contributed by atoms with E-state index >= 15 is 0 Å². The molecule has 214 valence electrons. The molecule has 0 spiro atoms. The van der Waals surface area contributed by atoms with Crippen LogP contribution in [0.25, 0.3) is 0 Å². The summed E-state index contributed by atoms with van der Waals surface area (Å²) in [6.07, 6.45) is 0. The second-order valence-electron chi connectivity index (χ2n) is 14.2. The lowest BCUT2D eigenvalue weighted by Gasteiger charge is -2.54. The first kappa shape index (κ1) is 24.6. The van der Waals surface area contributed by atoms with Gasteiger partial charge in [-0.3, -0.25) is 0 Å². The molecule has 0 bridgehead atoms.